The maximum atomic E-state index is 11.6. The van der Waals surface area contributed by atoms with E-state index in [0.29, 0.717) is 17.8 Å². The minimum absolute atomic E-state index is 0.0906. The van der Waals surface area contributed by atoms with Gasteiger partial charge in [0.25, 0.3) is 5.91 Å². The molecule has 0 aliphatic rings. The summed E-state index contributed by atoms with van der Waals surface area (Å²) >= 11 is 0. The number of aryl methyl sites for hydroxylation is 1. The molecule has 0 bridgehead atoms. The Balaban J connectivity index is 2.62. The van der Waals surface area contributed by atoms with Gasteiger partial charge in [0.15, 0.2) is 0 Å². The molecule has 0 heterocycles. The first-order valence-corrected chi connectivity index (χ1v) is 6.46. The van der Waals surface area contributed by atoms with E-state index in [-0.39, 0.29) is 12.5 Å². The van der Waals surface area contributed by atoms with E-state index >= 15 is 0 Å². The smallest absolute Gasteiger partial charge is 0.250 e. The average Bonchev–Trinajstić information content (AvgIpc) is 2.37. The highest BCUT2D eigenvalue weighted by atomic mass is 16.2. The Hall–Kier alpha value is -2.04. The maximum absolute atomic E-state index is 11.6. The molecule has 5 heteroatoms. The van der Waals surface area contributed by atoms with E-state index in [1.165, 1.54) is 0 Å². The van der Waals surface area contributed by atoms with E-state index in [2.05, 4.69) is 17.6 Å². The predicted molar refractivity (Wildman–Crippen MR) is 76.1 cm³/mol. The SMILES string of the molecule is CCCCNC(=O)CNc1c(C)cccc1C(N)=O. The van der Waals surface area contributed by atoms with E-state index in [1.54, 1.807) is 12.1 Å². The van der Waals surface area contributed by atoms with Crippen molar-refractivity contribution in [1.82, 2.24) is 5.32 Å². The topological polar surface area (TPSA) is 84.2 Å². The number of nitrogens with two attached hydrogens (primary N) is 1. The number of amides is 2. The molecule has 0 aliphatic heterocycles. The molecule has 0 fully saturated rings. The Kier molecular flexibility index (Phi) is 5.85. The molecule has 1 aromatic carbocycles. The zero-order valence-corrected chi connectivity index (χ0v) is 11.5. The molecule has 1 aromatic rings. The third kappa shape index (κ3) is 4.62. The van der Waals surface area contributed by atoms with E-state index in [1.807, 2.05) is 13.0 Å². The normalized spacial score (nSPS) is 10.0. The molecule has 104 valence electrons. The van der Waals surface area contributed by atoms with Crippen LogP contribution in [0.4, 0.5) is 5.69 Å². The van der Waals surface area contributed by atoms with E-state index in [4.69, 9.17) is 5.73 Å². The van der Waals surface area contributed by atoms with Gasteiger partial charge in [-0.1, -0.05) is 25.5 Å². The lowest BCUT2D eigenvalue weighted by Gasteiger charge is -2.13. The number of carbonyl (C=O) groups excluding carboxylic acids is 2. The van der Waals surface area contributed by atoms with Crippen molar-refractivity contribution in [3.63, 3.8) is 0 Å². The lowest BCUT2D eigenvalue weighted by Crippen LogP contribution is -2.31. The molecule has 0 saturated carbocycles. The van der Waals surface area contributed by atoms with Crippen LogP contribution in [0.15, 0.2) is 18.2 Å². The van der Waals surface area contributed by atoms with Crippen LogP contribution in [0.5, 0.6) is 0 Å². The van der Waals surface area contributed by atoms with Gasteiger partial charge in [-0.15, -0.1) is 0 Å². The van der Waals surface area contributed by atoms with Gasteiger partial charge in [-0.3, -0.25) is 9.59 Å². The van der Waals surface area contributed by atoms with Gasteiger partial charge in [-0.25, -0.2) is 0 Å². The summed E-state index contributed by atoms with van der Waals surface area (Å²) in [7, 11) is 0. The van der Waals surface area contributed by atoms with Crippen molar-refractivity contribution >= 4 is 17.5 Å². The van der Waals surface area contributed by atoms with Crippen molar-refractivity contribution in [2.24, 2.45) is 5.73 Å². The van der Waals surface area contributed by atoms with Crippen LogP contribution >= 0.6 is 0 Å². The van der Waals surface area contributed by atoms with Crippen molar-refractivity contribution in [1.29, 1.82) is 0 Å². The molecule has 5 nitrogen and oxygen atoms in total. The number of unbranched alkanes of at least 4 members (excludes halogenated alkanes) is 1. The lowest BCUT2D eigenvalue weighted by atomic mass is 10.1. The van der Waals surface area contributed by atoms with Crippen molar-refractivity contribution in [2.45, 2.75) is 26.7 Å². The molecule has 4 N–H and O–H groups in total. The van der Waals surface area contributed by atoms with Gasteiger partial charge in [0.05, 0.1) is 17.8 Å². The van der Waals surface area contributed by atoms with Crippen molar-refractivity contribution in [3.05, 3.63) is 29.3 Å². The number of hydrogen-bond donors (Lipinski definition) is 3. The van der Waals surface area contributed by atoms with Crippen LogP contribution < -0.4 is 16.4 Å². The minimum atomic E-state index is -0.502. The molecule has 1 rings (SSSR count). The Morgan fingerprint density at radius 3 is 2.68 bits per heavy atom. The van der Waals surface area contributed by atoms with Gasteiger partial charge in [0.2, 0.25) is 5.91 Å². The van der Waals surface area contributed by atoms with Gasteiger partial charge in [0.1, 0.15) is 0 Å². The largest absolute Gasteiger partial charge is 0.375 e. The molecule has 0 atom stereocenters. The van der Waals surface area contributed by atoms with Crippen LogP contribution in [-0.4, -0.2) is 24.9 Å². The summed E-state index contributed by atoms with van der Waals surface area (Å²) in [6.45, 7) is 4.74. The van der Waals surface area contributed by atoms with E-state index in [0.717, 1.165) is 18.4 Å². The molecule has 0 aliphatic carbocycles. The van der Waals surface area contributed by atoms with Gasteiger partial charge in [-0.2, -0.15) is 0 Å². The molecule has 0 spiro atoms. The minimum Gasteiger partial charge on any atom is -0.375 e. The standard InChI is InChI=1S/C14H21N3O2/c1-3-4-8-16-12(18)9-17-13-10(2)6-5-7-11(13)14(15)19/h5-7,17H,3-4,8-9H2,1-2H3,(H2,15,19)(H,16,18). The number of hydrogen-bond acceptors (Lipinski definition) is 3. The fraction of sp³-hybridized carbons (Fsp3) is 0.429. The predicted octanol–water partition coefficient (Wildman–Crippen LogP) is 1.42. The molecule has 2 amide bonds. The van der Waals surface area contributed by atoms with Crippen LogP contribution in [0.1, 0.15) is 35.7 Å². The van der Waals surface area contributed by atoms with Crippen LogP contribution in [-0.2, 0) is 4.79 Å². The first-order chi connectivity index (χ1) is 9.06. The third-order valence-electron chi connectivity index (χ3n) is 2.82. The maximum Gasteiger partial charge on any atom is 0.250 e. The zero-order valence-electron chi connectivity index (χ0n) is 11.5. The second kappa shape index (κ2) is 7.41. The van der Waals surface area contributed by atoms with E-state index < -0.39 is 5.91 Å². The first kappa shape index (κ1) is 15.0. The Labute approximate surface area is 113 Å². The Bertz CT molecular complexity index is 458. The number of anilines is 1. The van der Waals surface area contributed by atoms with Crippen LogP contribution in [0, 0.1) is 6.92 Å². The van der Waals surface area contributed by atoms with Crippen molar-refractivity contribution < 1.29 is 9.59 Å². The van der Waals surface area contributed by atoms with Crippen LogP contribution in [0.25, 0.3) is 0 Å². The lowest BCUT2D eigenvalue weighted by molar-refractivity contribution is -0.119. The fourth-order valence-electron chi connectivity index (χ4n) is 1.74. The number of benzene rings is 1. The third-order valence-corrected chi connectivity index (χ3v) is 2.82. The molecule has 0 radical (unpaired) electrons. The van der Waals surface area contributed by atoms with Crippen LogP contribution in [0.2, 0.25) is 0 Å². The van der Waals surface area contributed by atoms with E-state index in [9.17, 15) is 9.59 Å². The highest BCUT2D eigenvalue weighted by molar-refractivity contribution is 5.99. The second-order valence-electron chi connectivity index (χ2n) is 4.42. The fourth-order valence-corrected chi connectivity index (χ4v) is 1.74. The van der Waals surface area contributed by atoms with Gasteiger partial charge < -0.3 is 16.4 Å². The summed E-state index contributed by atoms with van der Waals surface area (Å²) < 4.78 is 0. The number of primary amides is 1. The van der Waals surface area contributed by atoms with Gasteiger partial charge in [-0.05, 0) is 25.0 Å². The van der Waals surface area contributed by atoms with Gasteiger partial charge in [0, 0.05) is 6.54 Å². The molecule has 0 saturated heterocycles. The molecular weight excluding hydrogens is 242 g/mol. The summed E-state index contributed by atoms with van der Waals surface area (Å²) in [5, 5.41) is 5.78. The summed E-state index contributed by atoms with van der Waals surface area (Å²) in [6.07, 6.45) is 2.00. The number of nitrogens with one attached hydrogen (secondary N) is 2. The highest BCUT2D eigenvalue weighted by Crippen LogP contribution is 2.19. The summed E-state index contributed by atoms with van der Waals surface area (Å²) in [6, 6.07) is 5.28. The summed E-state index contributed by atoms with van der Waals surface area (Å²) in [5.41, 5.74) is 7.22. The highest BCUT2D eigenvalue weighted by Gasteiger charge is 2.11. The monoisotopic (exact) mass is 263 g/mol. The molecule has 19 heavy (non-hydrogen) atoms. The molecule has 0 unspecified atom stereocenters. The van der Waals surface area contributed by atoms with Crippen LogP contribution in [0.3, 0.4) is 0 Å². The van der Waals surface area contributed by atoms with Gasteiger partial charge >= 0.3 is 0 Å². The van der Waals surface area contributed by atoms with Crippen molar-refractivity contribution in [2.75, 3.05) is 18.4 Å². The van der Waals surface area contributed by atoms with Crippen molar-refractivity contribution in [3.8, 4) is 0 Å². The average molecular weight is 263 g/mol. The zero-order chi connectivity index (χ0) is 14.3. The number of carbonyl (C=O) groups is 2. The summed E-state index contributed by atoms with van der Waals surface area (Å²) in [5.74, 6) is -0.593. The number of para-hydroxylation sites is 1. The number of rotatable bonds is 7. The quantitative estimate of drug-likeness (QED) is 0.650. The summed E-state index contributed by atoms with van der Waals surface area (Å²) in [4.78, 5) is 22.9. The first-order valence-electron chi connectivity index (χ1n) is 6.46. The Morgan fingerprint density at radius 1 is 1.32 bits per heavy atom. The second-order valence-corrected chi connectivity index (χ2v) is 4.42. The molecule has 0 aromatic heterocycles. The Morgan fingerprint density at radius 2 is 2.05 bits per heavy atom. The molecular formula is C14H21N3O2.